The van der Waals surface area contributed by atoms with E-state index >= 15 is 0 Å². The lowest BCUT2D eigenvalue weighted by Gasteiger charge is -2.45. The van der Waals surface area contributed by atoms with Gasteiger partial charge in [0.25, 0.3) is 0 Å². The number of benzene rings is 10. The fourth-order valence-electron chi connectivity index (χ4n) is 15.3. The maximum atomic E-state index is 7.57. The molecule has 32 heteroatoms. The van der Waals surface area contributed by atoms with E-state index in [0.29, 0.717) is 0 Å². The lowest BCUT2D eigenvalue weighted by molar-refractivity contribution is 0.312. The van der Waals surface area contributed by atoms with Crippen LogP contribution >= 0.6 is 0 Å². The molecule has 0 fully saturated rings. The van der Waals surface area contributed by atoms with Gasteiger partial charge in [0.15, 0.2) is 41.6 Å². The van der Waals surface area contributed by atoms with Gasteiger partial charge in [-0.15, -0.1) is 52.6 Å². The Bertz CT molecular complexity index is 5070. The van der Waals surface area contributed by atoms with Crippen LogP contribution in [0.2, 0.25) is 170 Å². The molecule has 10 rings (SSSR count). The molecular formula is C102H152O14Si18. The zero-order valence-corrected chi connectivity index (χ0v) is 103. The van der Waals surface area contributed by atoms with E-state index in [1.165, 1.54) is 0 Å². The van der Waals surface area contributed by atoms with E-state index < -0.39 is 152 Å². The molecule has 0 saturated heterocycles. The van der Waals surface area contributed by atoms with Crippen molar-refractivity contribution in [2.24, 2.45) is 0 Å². The van der Waals surface area contributed by atoms with Gasteiger partial charge in [-0.25, -0.2) is 0 Å². The van der Waals surface area contributed by atoms with Crippen LogP contribution in [-0.4, -0.2) is 152 Å². The number of hydrogen-bond donors (Lipinski definition) is 0. The molecular weight excluding hydrogens is 1950 g/mol. The van der Waals surface area contributed by atoms with Crippen molar-refractivity contribution >= 4 is 204 Å². The van der Waals surface area contributed by atoms with Crippen LogP contribution in [0.3, 0.4) is 0 Å². The van der Waals surface area contributed by atoms with Crippen LogP contribution in [0, 0.1) is 0 Å². The molecule has 0 heterocycles. The molecule has 0 aliphatic rings. The van der Waals surface area contributed by atoms with Gasteiger partial charge in [-0.1, -0.05) is 349 Å². The first-order valence-electron chi connectivity index (χ1n) is 45.9. The maximum absolute atomic E-state index is 7.57. The van der Waals surface area contributed by atoms with Gasteiger partial charge in [0.1, 0.15) is 0 Å². The number of rotatable bonds is 46. The van der Waals surface area contributed by atoms with Crippen molar-refractivity contribution in [2.45, 2.75) is 170 Å². The van der Waals surface area contributed by atoms with Crippen molar-refractivity contribution in [2.75, 3.05) is 0 Å². The Kier molecular flexibility index (Phi) is 41.1. The first kappa shape index (κ1) is 114. The topological polar surface area (TPSA) is 129 Å². The molecule has 134 heavy (non-hydrogen) atoms. The van der Waals surface area contributed by atoms with Gasteiger partial charge in [0, 0.05) is 0 Å². The lowest BCUT2D eigenvalue weighted by Crippen LogP contribution is -2.74. The third kappa shape index (κ3) is 33.3. The highest BCUT2D eigenvalue weighted by molar-refractivity contribution is 7.08. The Morgan fingerprint density at radius 1 is 0.134 bits per heavy atom. The minimum Gasteiger partial charge on any atom is -0.433 e. The van der Waals surface area contributed by atoms with E-state index in [4.69, 9.17) is 57.6 Å². The molecule has 0 N–H and O–H groups in total. The Hall–Kier alpha value is -6.54. The largest absolute Gasteiger partial charge is 0.433 e. The Morgan fingerprint density at radius 3 is 0.418 bits per heavy atom. The van der Waals surface area contributed by atoms with Gasteiger partial charge < -0.3 is 57.6 Å². The van der Waals surface area contributed by atoms with Crippen molar-refractivity contribution in [3.05, 3.63) is 402 Å². The molecule has 14 nitrogen and oxygen atoms in total. The fraction of sp³-hybridized carbons (Fsp3) is 0.255. The van der Waals surface area contributed by atoms with Crippen LogP contribution in [-0.2, 0) is 57.6 Å². The maximum Gasteiger partial charge on any atom is 0.389 e. The van der Waals surface area contributed by atoms with Gasteiger partial charge in [0.2, 0.25) is 25.0 Å². The zero-order chi connectivity index (χ0) is 99.7. The van der Waals surface area contributed by atoms with Crippen LogP contribution in [0.15, 0.2) is 402 Å². The normalized spacial score (nSPS) is 13.9. The van der Waals surface area contributed by atoms with E-state index in [1.54, 1.807) is 0 Å². The smallest absolute Gasteiger partial charge is 0.389 e. The van der Waals surface area contributed by atoms with Gasteiger partial charge in [-0.05, 0) is 222 Å². The van der Waals surface area contributed by atoms with E-state index in [0.717, 1.165) is 51.9 Å². The molecule has 10 aromatic carbocycles. The molecule has 10 aromatic rings. The molecule has 0 amide bonds. The van der Waals surface area contributed by atoms with Crippen molar-refractivity contribution in [1.82, 2.24) is 0 Å². The van der Waals surface area contributed by atoms with E-state index in [-0.39, 0.29) is 0 Å². The van der Waals surface area contributed by atoms with Crippen LogP contribution in [0.4, 0.5) is 0 Å². The first-order valence-corrected chi connectivity index (χ1v) is 92.9. The summed E-state index contributed by atoms with van der Waals surface area (Å²) in [7, 11) is -46.7. The summed E-state index contributed by atoms with van der Waals surface area (Å²) in [5, 5.41) is 10.7. The molecule has 0 aliphatic carbocycles. The van der Waals surface area contributed by atoms with Gasteiger partial charge in [0.05, 0.1) is 0 Å². The molecule has 0 spiro atoms. The monoisotopic (exact) mass is 2100 g/mol. The summed E-state index contributed by atoms with van der Waals surface area (Å²) in [5.41, 5.74) is 15.7. The molecule has 0 aliphatic heterocycles. The second-order valence-electron chi connectivity index (χ2n) is 39.5. The first-order chi connectivity index (χ1) is 62.4. The van der Waals surface area contributed by atoms with Crippen LogP contribution in [0.1, 0.15) is 0 Å². The Balaban J connectivity index is 0.000000246. The summed E-state index contributed by atoms with van der Waals surface area (Å²) in [5.74, 6) is 0. The molecule has 716 valence electrons. The lowest BCUT2D eigenvalue weighted by atomic mass is 10.4. The summed E-state index contributed by atoms with van der Waals surface area (Å²) < 4.78 is 98.8. The molecule has 0 radical (unpaired) electrons. The fourth-order valence-corrected chi connectivity index (χ4v) is 90.4. The summed E-state index contributed by atoms with van der Waals surface area (Å²) in [4.78, 5) is 0. The average Bonchev–Trinajstić information content (AvgIpc) is 0.754. The standard InChI is InChI=1S/2C29H42O4Si5.2C22H34O3Si4/c1-10-34(3,4)30-36(7,8)32-37(9,27-21-15-12-16-22-27)33-38(31-35(5,6)11-2,28-23-17-13-18-24-28)29-25-19-14-20-26-29;1-10-34(3,4)30-36(7,8)32-38(28-23-17-13-18-24-28,29-25-19-14-20-26-29)33-37(9,31-35(5,6)11-2)27-21-15-12-16-22-27;2*1-9-26(3,4)23-28(7,8)25-29(24-27(5,6)10-2,21-17-13-11-14-18-21)22-19-15-12-16-20-22/h2*10-26H,1-2H2,3-9H3;2*9-20H,1-2H2,3-8H3. The summed E-state index contributed by atoms with van der Waals surface area (Å²) in [6.45, 7) is 88.1. The van der Waals surface area contributed by atoms with E-state index in [2.05, 4.69) is 393 Å². The van der Waals surface area contributed by atoms with Crippen molar-refractivity contribution < 1.29 is 57.6 Å². The zero-order valence-electron chi connectivity index (χ0n) is 84.9. The highest BCUT2D eigenvalue weighted by atomic mass is 28.5. The third-order valence-corrected chi connectivity index (χ3v) is 89.1. The third-order valence-electron chi connectivity index (χ3n) is 21.8. The average molecular weight is 2110 g/mol. The quantitative estimate of drug-likeness (QED) is 0.0336. The molecule has 2 unspecified atom stereocenters. The predicted molar refractivity (Wildman–Crippen MR) is 614 cm³/mol. The number of hydrogen-bond acceptors (Lipinski definition) is 14. The summed E-state index contributed by atoms with van der Waals surface area (Å²) >= 11 is 0. The molecule has 0 bridgehead atoms. The summed E-state index contributed by atoms with van der Waals surface area (Å²) in [6, 6.07) is 104. The second kappa shape index (κ2) is 48.1. The van der Waals surface area contributed by atoms with Gasteiger partial charge >= 0.3 is 85.6 Å². The second-order valence-corrected chi connectivity index (χ2v) is 106. The SMILES string of the molecule is C=C[Si](C)(C)O[Si](C)(C)O[Si](C)(O[Si](O[Si](C)(C)C=C)(c1ccccc1)c1ccccc1)c1ccccc1.C=C[Si](C)(C)O[Si](C)(C)O[Si](O[Si](C)(C)C=C)(c1ccccc1)c1ccccc1.C=C[Si](C)(C)O[Si](C)(C)O[Si](O[Si](C)(C)C=C)(c1ccccc1)c1ccccc1.C=C[Si](C)(C)O[Si](C)(C)O[Si](O[Si](C)(O[Si](C)(C)C=C)c1ccccc1)(c1ccccc1)c1ccccc1. The molecule has 0 saturated carbocycles. The van der Waals surface area contributed by atoms with Crippen molar-refractivity contribution in [3.8, 4) is 0 Å². The minimum atomic E-state index is -3.38. The van der Waals surface area contributed by atoms with Gasteiger partial charge in [-0.2, -0.15) is 0 Å². The highest BCUT2D eigenvalue weighted by Crippen LogP contribution is 2.34. The Morgan fingerprint density at radius 2 is 0.254 bits per heavy atom. The van der Waals surface area contributed by atoms with Crippen LogP contribution in [0.25, 0.3) is 0 Å². The van der Waals surface area contributed by atoms with E-state index in [9.17, 15) is 0 Å². The van der Waals surface area contributed by atoms with Crippen molar-refractivity contribution in [3.63, 3.8) is 0 Å². The highest BCUT2D eigenvalue weighted by Gasteiger charge is 2.59. The predicted octanol–water partition coefficient (Wildman–Crippen LogP) is 21.4. The molecule has 2 atom stereocenters. The summed E-state index contributed by atoms with van der Waals surface area (Å²) in [6.07, 6.45) is 0. The Labute approximate surface area is 826 Å². The molecule has 0 aromatic heterocycles. The van der Waals surface area contributed by atoms with Crippen molar-refractivity contribution in [1.29, 1.82) is 0 Å². The van der Waals surface area contributed by atoms with Crippen LogP contribution in [0.5, 0.6) is 0 Å². The van der Waals surface area contributed by atoms with Gasteiger partial charge in [-0.3, -0.25) is 0 Å². The van der Waals surface area contributed by atoms with Crippen LogP contribution < -0.4 is 51.9 Å². The minimum absolute atomic E-state index is 1.03. The van der Waals surface area contributed by atoms with E-state index in [1.807, 2.05) is 179 Å².